The number of carbonyl (C=O) groups is 2. The summed E-state index contributed by atoms with van der Waals surface area (Å²) in [4.78, 5) is 37.2. The Labute approximate surface area is 173 Å². The van der Waals surface area contributed by atoms with Crippen LogP contribution in [0.3, 0.4) is 0 Å². The lowest BCUT2D eigenvalue weighted by Crippen LogP contribution is -2.30. The first-order valence-corrected chi connectivity index (χ1v) is 9.63. The van der Waals surface area contributed by atoms with Gasteiger partial charge in [-0.1, -0.05) is 30.3 Å². The van der Waals surface area contributed by atoms with Crippen molar-refractivity contribution in [2.45, 2.75) is 19.9 Å². The van der Waals surface area contributed by atoms with Crippen molar-refractivity contribution in [3.8, 4) is 5.75 Å². The van der Waals surface area contributed by atoms with Crippen LogP contribution in [0.25, 0.3) is 0 Å². The summed E-state index contributed by atoms with van der Waals surface area (Å²) >= 11 is 0. The van der Waals surface area contributed by atoms with E-state index >= 15 is 0 Å². The molecule has 3 aromatic rings. The van der Waals surface area contributed by atoms with Crippen LogP contribution in [-0.4, -0.2) is 23.0 Å². The molecule has 0 bridgehead atoms. The molecule has 2 heterocycles. The Hall–Kier alpha value is -3.87. The highest BCUT2D eigenvalue weighted by atomic mass is 16.5. The molecule has 0 spiro atoms. The van der Waals surface area contributed by atoms with Crippen LogP contribution >= 0.6 is 0 Å². The zero-order valence-electron chi connectivity index (χ0n) is 16.5. The van der Waals surface area contributed by atoms with Gasteiger partial charge in [0.1, 0.15) is 11.3 Å². The molecule has 0 radical (unpaired) electrons. The van der Waals surface area contributed by atoms with Crippen molar-refractivity contribution in [1.82, 2.24) is 4.57 Å². The summed E-state index contributed by atoms with van der Waals surface area (Å²) in [5, 5.41) is 5.45. The quantitative estimate of drug-likeness (QED) is 0.685. The highest BCUT2D eigenvalue weighted by Gasteiger charge is 2.19. The monoisotopic (exact) mass is 403 g/mol. The Balaban J connectivity index is 1.54. The minimum atomic E-state index is -0.480. The van der Waals surface area contributed by atoms with Crippen LogP contribution in [-0.2, 0) is 17.8 Å². The van der Waals surface area contributed by atoms with Crippen molar-refractivity contribution >= 4 is 23.2 Å². The van der Waals surface area contributed by atoms with Crippen molar-refractivity contribution in [3.63, 3.8) is 0 Å². The summed E-state index contributed by atoms with van der Waals surface area (Å²) in [7, 11) is 0. The molecular weight excluding hydrogens is 382 g/mol. The highest BCUT2D eigenvalue weighted by Crippen LogP contribution is 2.30. The number of anilines is 2. The molecule has 7 nitrogen and oxygen atoms in total. The first kappa shape index (κ1) is 19.4. The van der Waals surface area contributed by atoms with Gasteiger partial charge in [0.15, 0.2) is 6.61 Å². The van der Waals surface area contributed by atoms with E-state index < -0.39 is 5.91 Å². The van der Waals surface area contributed by atoms with Gasteiger partial charge in [0.05, 0.1) is 5.69 Å². The lowest BCUT2D eigenvalue weighted by Gasteiger charge is -2.18. The van der Waals surface area contributed by atoms with Gasteiger partial charge in [0.2, 0.25) is 0 Å². The summed E-state index contributed by atoms with van der Waals surface area (Å²) in [6.45, 7) is 2.15. The fourth-order valence-electron chi connectivity index (χ4n) is 3.36. The number of fused-ring (bicyclic) bond motifs is 1. The minimum absolute atomic E-state index is 0.0751. The molecule has 152 valence electrons. The Morgan fingerprint density at radius 1 is 1.13 bits per heavy atom. The van der Waals surface area contributed by atoms with Crippen molar-refractivity contribution in [1.29, 1.82) is 0 Å². The van der Waals surface area contributed by atoms with E-state index in [2.05, 4.69) is 10.6 Å². The molecule has 4 rings (SSSR count). The number of nitrogens with zero attached hydrogens (tertiary/aromatic N) is 1. The topological polar surface area (TPSA) is 89.4 Å². The molecule has 0 unspecified atom stereocenters. The first-order valence-electron chi connectivity index (χ1n) is 9.63. The summed E-state index contributed by atoms with van der Waals surface area (Å²) in [5.74, 6) is -0.237. The second-order valence-corrected chi connectivity index (χ2v) is 7.11. The summed E-state index contributed by atoms with van der Waals surface area (Å²) < 4.78 is 6.93. The number of aromatic nitrogens is 1. The average molecular weight is 403 g/mol. The molecule has 1 aliphatic heterocycles. The van der Waals surface area contributed by atoms with Gasteiger partial charge in [-0.05, 0) is 42.7 Å². The summed E-state index contributed by atoms with van der Waals surface area (Å²) in [5.41, 5.74) is 2.53. The molecular formula is C23H21N3O4. The van der Waals surface area contributed by atoms with Crippen LogP contribution in [0.5, 0.6) is 5.75 Å². The minimum Gasteiger partial charge on any atom is -0.482 e. The molecule has 1 aliphatic rings. The predicted octanol–water partition coefficient (Wildman–Crippen LogP) is 2.98. The predicted molar refractivity (Wildman–Crippen MR) is 114 cm³/mol. The van der Waals surface area contributed by atoms with E-state index in [0.29, 0.717) is 35.7 Å². The zero-order valence-corrected chi connectivity index (χ0v) is 16.5. The van der Waals surface area contributed by atoms with Gasteiger partial charge in [-0.3, -0.25) is 14.4 Å². The smallest absolute Gasteiger partial charge is 0.263 e. The lowest BCUT2D eigenvalue weighted by atomic mass is 10.1. The summed E-state index contributed by atoms with van der Waals surface area (Å²) in [6, 6.07) is 16.6. The molecule has 7 heteroatoms. The Morgan fingerprint density at radius 2 is 1.93 bits per heavy atom. The number of benzene rings is 2. The number of ether oxygens (including phenoxy) is 1. The second-order valence-electron chi connectivity index (χ2n) is 7.11. The maximum Gasteiger partial charge on any atom is 0.263 e. The van der Waals surface area contributed by atoms with Crippen LogP contribution in [0.4, 0.5) is 11.4 Å². The average Bonchev–Trinajstić information content (AvgIpc) is 2.74. The molecule has 2 aromatic carbocycles. The highest BCUT2D eigenvalue weighted by molar-refractivity contribution is 6.05. The number of carbonyl (C=O) groups excluding carboxylic acids is 2. The molecule has 2 N–H and O–H groups in total. The van der Waals surface area contributed by atoms with Crippen molar-refractivity contribution in [2.24, 2.45) is 0 Å². The second kappa shape index (κ2) is 8.24. The SMILES string of the molecule is Cc1ccn(CCc2ccccc2)c(=O)c1C(=O)Nc1ccc2c(c1)OCC(=O)N2. The number of nitrogens with one attached hydrogen (secondary N) is 2. The van der Waals surface area contributed by atoms with Crippen LogP contribution in [0.1, 0.15) is 21.5 Å². The van der Waals surface area contributed by atoms with E-state index in [1.807, 2.05) is 30.3 Å². The van der Waals surface area contributed by atoms with E-state index in [9.17, 15) is 14.4 Å². The van der Waals surface area contributed by atoms with E-state index in [4.69, 9.17) is 4.74 Å². The van der Waals surface area contributed by atoms with Gasteiger partial charge >= 0.3 is 0 Å². The number of hydrogen-bond donors (Lipinski definition) is 2. The maximum absolute atomic E-state index is 12.9. The van der Waals surface area contributed by atoms with Crippen molar-refractivity contribution in [2.75, 3.05) is 17.2 Å². The van der Waals surface area contributed by atoms with Crippen LogP contribution in [0.2, 0.25) is 0 Å². The number of pyridine rings is 1. The molecule has 2 amide bonds. The van der Waals surface area contributed by atoms with Gasteiger partial charge < -0.3 is 19.9 Å². The molecule has 0 fully saturated rings. The van der Waals surface area contributed by atoms with E-state index in [1.165, 1.54) is 0 Å². The van der Waals surface area contributed by atoms with Crippen LogP contribution in [0.15, 0.2) is 65.6 Å². The normalized spacial score (nSPS) is 12.5. The van der Waals surface area contributed by atoms with E-state index in [1.54, 1.807) is 42.0 Å². The summed E-state index contributed by atoms with van der Waals surface area (Å²) in [6.07, 6.45) is 2.41. The third-order valence-corrected chi connectivity index (χ3v) is 4.96. The fraction of sp³-hybridized carbons (Fsp3) is 0.174. The van der Waals surface area contributed by atoms with Gasteiger partial charge in [0, 0.05) is 24.5 Å². The third-order valence-electron chi connectivity index (χ3n) is 4.96. The number of amides is 2. The molecule has 0 aliphatic carbocycles. The number of hydrogen-bond acceptors (Lipinski definition) is 4. The molecule has 1 aromatic heterocycles. The molecule has 0 saturated carbocycles. The number of aryl methyl sites for hydroxylation is 3. The Kier molecular flexibility index (Phi) is 5.34. The van der Waals surface area contributed by atoms with Gasteiger partial charge in [0.25, 0.3) is 17.4 Å². The first-order chi connectivity index (χ1) is 14.5. The van der Waals surface area contributed by atoms with E-state index in [-0.39, 0.29) is 23.6 Å². The third kappa shape index (κ3) is 4.10. The zero-order chi connectivity index (χ0) is 21.1. The largest absolute Gasteiger partial charge is 0.482 e. The van der Waals surface area contributed by atoms with Gasteiger partial charge in [-0.2, -0.15) is 0 Å². The standard InChI is InChI=1S/C23H21N3O4/c1-15-9-11-26(12-10-16-5-3-2-4-6-16)23(29)21(15)22(28)24-17-7-8-18-19(13-17)30-14-20(27)25-18/h2-9,11,13H,10,12,14H2,1H3,(H,24,28)(H,25,27). The van der Waals surface area contributed by atoms with Crippen molar-refractivity contribution in [3.05, 3.63) is 87.8 Å². The van der Waals surface area contributed by atoms with Crippen LogP contribution < -0.4 is 20.9 Å². The Bertz CT molecular complexity index is 1170. The fourth-order valence-corrected chi connectivity index (χ4v) is 3.36. The van der Waals surface area contributed by atoms with Crippen molar-refractivity contribution < 1.29 is 14.3 Å². The maximum atomic E-state index is 12.9. The molecule has 0 saturated heterocycles. The molecule has 30 heavy (non-hydrogen) atoms. The Morgan fingerprint density at radius 3 is 2.73 bits per heavy atom. The van der Waals surface area contributed by atoms with E-state index in [0.717, 1.165) is 5.56 Å². The lowest BCUT2D eigenvalue weighted by molar-refractivity contribution is -0.118. The van der Waals surface area contributed by atoms with Crippen LogP contribution in [0, 0.1) is 6.92 Å². The number of rotatable bonds is 5. The van der Waals surface area contributed by atoms with Gasteiger partial charge in [-0.15, -0.1) is 0 Å². The molecule has 0 atom stereocenters. The van der Waals surface area contributed by atoms with Gasteiger partial charge in [-0.25, -0.2) is 0 Å².